The van der Waals surface area contributed by atoms with Crippen molar-refractivity contribution in [2.75, 3.05) is 0 Å². The maximum atomic E-state index is 12.2. The molecule has 0 saturated heterocycles. The largest absolute Gasteiger partial charge is 0.402 e. The molecule has 1 heterocycles. The summed E-state index contributed by atoms with van der Waals surface area (Å²) in [6, 6.07) is 20.0. The first-order valence-electron chi connectivity index (χ1n) is 8.20. The number of hydrogen-bond acceptors (Lipinski definition) is 3. The summed E-state index contributed by atoms with van der Waals surface area (Å²) in [6.45, 7) is 4.08. The van der Waals surface area contributed by atoms with Crippen molar-refractivity contribution in [3.63, 3.8) is 0 Å². The van der Waals surface area contributed by atoms with Gasteiger partial charge >= 0.3 is 5.97 Å². The Morgan fingerprint density at radius 2 is 1.72 bits per heavy atom. The molecule has 1 aliphatic heterocycles. The van der Waals surface area contributed by atoms with Gasteiger partial charge in [0.05, 0.1) is 0 Å². The van der Waals surface area contributed by atoms with E-state index in [1.165, 1.54) is 5.56 Å². The summed E-state index contributed by atoms with van der Waals surface area (Å²) in [5.41, 5.74) is 4.43. The molecule has 122 valence electrons. The number of carbonyl (C=O) groups excluding carboxylic acids is 1. The number of benzene rings is 3. The summed E-state index contributed by atoms with van der Waals surface area (Å²) in [7, 11) is 0. The number of carbonyl (C=O) groups is 1. The predicted octanol–water partition coefficient (Wildman–Crippen LogP) is 4.80. The third-order valence-electron chi connectivity index (χ3n) is 4.49. The van der Waals surface area contributed by atoms with Gasteiger partial charge in [-0.15, -0.1) is 0 Å². The van der Waals surface area contributed by atoms with E-state index in [9.17, 15) is 4.79 Å². The van der Waals surface area contributed by atoms with Gasteiger partial charge in [-0.2, -0.15) is 0 Å². The first-order valence-corrected chi connectivity index (χ1v) is 8.20. The summed E-state index contributed by atoms with van der Waals surface area (Å²) >= 11 is 0. The van der Waals surface area contributed by atoms with Gasteiger partial charge in [-0.3, -0.25) is 0 Å². The average molecular weight is 327 g/mol. The first kappa shape index (κ1) is 15.3. The fourth-order valence-corrected chi connectivity index (χ4v) is 2.93. The monoisotopic (exact) mass is 327 g/mol. The van der Waals surface area contributed by atoms with E-state index in [0.717, 1.165) is 27.5 Å². The summed E-state index contributed by atoms with van der Waals surface area (Å²) in [5, 5.41) is 2.21. The quantitative estimate of drug-likeness (QED) is 0.501. The zero-order valence-corrected chi connectivity index (χ0v) is 14.1. The molecule has 0 fully saturated rings. The Balaban J connectivity index is 1.77. The lowest BCUT2D eigenvalue weighted by atomic mass is 10.0. The van der Waals surface area contributed by atoms with Gasteiger partial charge in [0.15, 0.2) is 5.70 Å². The van der Waals surface area contributed by atoms with E-state index in [1.54, 1.807) is 6.08 Å². The third kappa shape index (κ3) is 2.85. The van der Waals surface area contributed by atoms with Crippen molar-refractivity contribution in [3.8, 4) is 0 Å². The molecule has 0 unspecified atom stereocenters. The van der Waals surface area contributed by atoms with E-state index in [-0.39, 0.29) is 0 Å². The summed E-state index contributed by atoms with van der Waals surface area (Å²) in [4.78, 5) is 16.7. The minimum atomic E-state index is -0.416. The number of aryl methyl sites for hydroxylation is 2. The van der Waals surface area contributed by atoms with E-state index in [2.05, 4.69) is 4.99 Å². The van der Waals surface area contributed by atoms with Gasteiger partial charge in [-0.05, 0) is 59.5 Å². The molecular formula is C22H17NO2. The minimum Gasteiger partial charge on any atom is -0.402 e. The summed E-state index contributed by atoms with van der Waals surface area (Å²) < 4.78 is 5.38. The summed E-state index contributed by atoms with van der Waals surface area (Å²) in [5.74, 6) is -0.0549. The molecule has 0 atom stereocenters. The van der Waals surface area contributed by atoms with Crippen molar-refractivity contribution in [2.24, 2.45) is 4.99 Å². The molecule has 0 bridgehead atoms. The molecule has 0 spiro atoms. The lowest BCUT2D eigenvalue weighted by Crippen LogP contribution is -2.05. The lowest BCUT2D eigenvalue weighted by molar-refractivity contribution is -0.129. The fourth-order valence-electron chi connectivity index (χ4n) is 2.93. The van der Waals surface area contributed by atoms with E-state index in [1.807, 2.05) is 74.5 Å². The van der Waals surface area contributed by atoms with Crippen LogP contribution in [0.2, 0.25) is 0 Å². The van der Waals surface area contributed by atoms with Crippen LogP contribution in [0.1, 0.15) is 22.3 Å². The van der Waals surface area contributed by atoms with Crippen molar-refractivity contribution in [2.45, 2.75) is 13.8 Å². The van der Waals surface area contributed by atoms with Crippen LogP contribution in [0, 0.1) is 13.8 Å². The highest BCUT2D eigenvalue weighted by Gasteiger charge is 2.24. The smallest absolute Gasteiger partial charge is 0.363 e. The standard InChI is InChI=1S/C22H17NO2/c1-14-10-11-18(12-15(14)2)21-23-20(22(24)25-21)13-17-8-5-7-16-6-3-4-9-19(16)17/h3-13H,1-2H3/b20-13-. The van der Waals surface area contributed by atoms with E-state index < -0.39 is 5.97 Å². The Kier molecular flexibility index (Phi) is 3.69. The Morgan fingerprint density at radius 3 is 2.56 bits per heavy atom. The molecule has 0 aromatic heterocycles. The zero-order valence-electron chi connectivity index (χ0n) is 14.1. The highest BCUT2D eigenvalue weighted by Crippen LogP contribution is 2.24. The van der Waals surface area contributed by atoms with Crippen LogP contribution in [-0.2, 0) is 9.53 Å². The second kappa shape index (κ2) is 6.02. The third-order valence-corrected chi connectivity index (χ3v) is 4.49. The van der Waals surface area contributed by atoms with Gasteiger partial charge < -0.3 is 4.74 Å². The van der Waals surface area contributed by atoms with Gasteiger partial charge in [-0.1, -0.05) is 48.5 Å². The molecule has 0 N–H and O–H groups in total. The molecular weight excluding hydrogens is 310 g/mol. The summed E-state index contributed by atoms with van der Waals surface area (Å²) in [6.07, 6.45) is 1.79. The molecule has 0 amide bonds. The van der Waals surface area contributed by atoms with Crippen LogP contribution in [0.3, 0.4) is 0 Å². The molecule has 25 heavy (non-hydrogen) atoms. The molecule has 0 radical (unpaired) electrons. The number of cyclic esters (lactones) is 1. The Morgan fingerprint density at radius 1 is 0.920 bits per heavy atom. The van der Waals surface area contributed by atoms with Crippen LogP contribution in [0.4, 0.5) is 0 Å². The Labute approximate surface area is 146 Å². The number of ether oxygens (including phenoxy) is 1. The number of esters is 1. The molecule has 1 aliphatic rings. The van der Waals surface area contributed by atoms with E-state index in [4.69, 9.17) is 4.74 Å². The fraction of sp³-hybridized carbons (Fsp3) is 0.0909. The molecule has 3 heteroatoms. The number of hydrogen-bond donors (Lipinski definition) is 0. The molecule has 3 aromatic rings. The Hall–Kier alpha value is -3.20. The number of nitrogens with zero attached hydrogens (tertiary/aromatic N) is 1. The van der Waals surface area contributed by atoms with Crippen LogP contribution in [0.15, 0.2) is 71.4 Å². The second-order valence-electron chi connectivity index (χ2n) is 6.20. The number of aliphatic imine (C=N–C) groups is 1. The van der Waals surface area contributed by atoms with E-state index >= 15 is 0 Å². The predicted molar refractivity (Wildman–Crippen MR) is 100 cm³/mol. The van der Waals surface area contributed by atoms with Crippen molar-refractivity contribution in [1.82, 2.24) is 0 Å². The van der Waals surface area contributed by atoms with Gasteiger partial charge in [0, 0.05) is 5.56 Å². The average Bonchev–Trinajstić information content (AvgIpc) is 2.98. The normalized spacial score (nSPS) is 15.5. The Bertz CT molecular complexity index is 1060. The number of rotatable bonds is 2. The van der Waals surface area contributed by atoms with Gasteiger partial charge in [0.2, 0.25) is 5.90 Å². The molecule has 0 aliphatic carbocycles. The molecule has 3 aromatic carbocycles. The van der Waals surface area contributed by atoms with E-state index in [0.29, 0.717) is 11.6 Å². The second-order valence-corrected chi connectivity index (χ2v) is 6.20. The van der Waals surface area contributed by atoms with Crippen molar-refractivity contribution in [1.29, 1.82) is 0 Å². The lowest BCUT2D eigenvalue weighted by Gasteiger charge is -2.03. The molecule has 3 nitrogen and oxygen atoms in total. The minimum absolute atomic E-state index is 0.324. The van der Waals surface area contributed by atoms with Gasteiger partial charge in [0.1, 0.15) is 0 Å². The highest BCUT2D eigenvalue weighted by molar-refractivity contribution is 6.13. The van der Waals surface area contributed by atoms with Crippen molar-refractivity contribution in [3.05, 3.63) is 88.6 Å². The van der Waals surface area contributed by atoms with Crippen molar-refractivity contribution < 1.29 is 9.53 Å². The van der Waals surface area contributed by atoms with Crippen LogP contribution in [-0.4, -0.2) is 11.9 Å². The highest BCUT2D eigenvalue weighted by atomic mass is 16.6. The maximum Gasteiger partial charge on any atom is 0.363 e. The van der Waals surface area contributed by atoms with Crippen LogP contribution >= 0.6 is 0 Å². The maximum absolute atomic E-state index is 12.2. The van der Waals surface area contributed by atoms with Crippen LogP contribution in [0.5, 0.6) is 0 Å². The van der Waals surface area contributed by atoms with Gasteiger partial charge in [-0.25, -0.2) is 9.79 Å². The number of fused-ring (bicyclic) bond motifs is 1. The van der Waals surface area contributed by atoms with Crippen LogP contribution in [0.25, 0.3) is 16.8 Å². The van der Waals surface area contributed by atoms with Crippen molar-refractivity contribution >= 4 is 28.7 Å². The SMILES string of the molecule is Cc1ccc(C2=N/C(=C\c3cccc4ccccc34)C(=O)O2)cc1C. The van der Waals surface area contributed by atoms with Gasteiger partial charge in [0.25, 0.3) is 0 Å². The molecule has 4 rings (SSSR count). The zero-order chi connectivity index (χ0) is 17.4. The van der Waals surface area contributed by atoms with Crippen LogP contribution < -0.4 is 0 Å². The topological polar surface area (TPSA) is 38.7 Å². The first-order chi connectivity index (χ1) is 12.1. The molecule has 0 saturated carbocycles.